The van der Waals surface area contributed by atoms with E-state index in [0.29, 0.717) is 6.04 Å². The highest BCUT2D eigenvalue weighted by Gasteiger charge is 2.30. The Hall–Kier alpha value is -0.130. The number of rotatable bonds is 3. The standard InChI is InChI=1S/C12H21BrN2O2/c1-17-12(16)11(13)9-14-5-3-7-15-6-2-4-10(15)8-14/h10-11H,2-9H2,1H3. The molecule has 0 N–H and O–H groups in total. The highest BCUT2D eigenvalue weighted by atomic mass is 79.9. The molecule has 0 aromatic carbocycles. The monoisotopic (exact) mass is 304 g/mol. The molecule has 0 saturated carbocycles. The summed E-state index contributed by atoms with van der Waals surface area (Å²) in [5.41, 5.74) is 0. The predicted molar refractivity (Wildman–Crippen MR) is 70.4 cm³/mol. The molecule has 0 amide bonds. The quantitative estimate of drug-likeness (QED) is 0.577. The lowest BCUT2D eigenvalue weighted by atomic mass is 10.2. The first-order valence-electron chi connectivity index (χ1n) is 6.39. The molecule has 2 aliphatic heterocycles. The van der Waals surface area contributed by atoms with Gasteiger partial charge < -0.3 is 9.64 Å². The fourth-order valence-electron chi connectivity index (χ4n) is 2.88. The minimum Gasteiger partial charge on any atom is -0.468 e. The Bertz CT molecular complexity index is 275. The SMILES string of the molecule is COC(=O)C(Br)CN1CCCN2CCCC2C1. The van der Waals surface area contributed by atoms with Crippen molar-refractivity contribution in [1.29, 1.82) is 0 Å². The summed E-state index contributed by atoms with van der Waals surface area (Å²) in [7, 11) is 1.44. The van der Waals surface area contributed by atoms with Crippen LogP contribution in [-0.2, 0) is 9.53 Å². The van der Waals surface area contributed by atoms with Crippen LogP contribution in [0, 0.1) is 0 Å². The first kappa shape index (κ1) is 13.3. The maximum atomic E-state index is 11.4. The Balaban J connectivity index is 1.86. The third-order valence-electron chi connectivity index (χ3n) is 3.76. The average Bonchev–Trinajstić information content (AvgIpc) is 2.67. The van der Waals surface area contributed by atoms with Crippen molar-refractivity contribution in [2.75, 3.05) is 39.8 Å². The number of ether oxygens (including phenoxy) is 1. The molecule has 2 saturated heterocycles. The van der Waals surface area contributed by atoms with Crippen molar-refractivity contribution in [3.63, 3.8) is 0 Å². The van der Waals surface area contributed by atoms with E-state index >= 15 is 0 Å². The summed E-state index contributed by atoms with van der Waals surface area (Å²) >= 11 is 3.41. The van der Waals surface area contributed by atoms with Crippen molar-refractivity contribution < 1.29 is 9.53 Å². The molecule has 98 valence electrons. The molecule has 0 aromatic rings. The first-order valence-corrected chi connectivity index (χ1v) is 7.30. The van der Waals surface area contributed by atoms with Crippen molar-refractivity contribution in [1.82, 2.24) is 9.80 Å². The van der Waals surface area contributed by atoms with Crippen LogP contribution in [0.5, 0.6) is 0 Å². The minimum atomic E-state index is -0.194. The van der Waals surface area contributed by atoms with E-state index in [2.05, 4.69) is 25.7 Å². The zero-order valence-corrected chi connectivity index (χ0v) is 12.0. The van der Waals surface area contributed by atoms with Crippen LogP contribution in [0.2, 0.25) is 0 Å². The lowest BCUT2D eigenvalue weighted by molar-refractivity contribution is -0.140. The van der Waals surface area contributed by atoms with Crippen LogP contribution in [-0.4, -0.2) is 66.5 Å². The second kappa shape index (κ2) is 6.16. The zero-order chi connectivity index (χ0) is 12.3. The van der Waals surface area contributed by atoms with Gasteiger partial charge in [0.1, 0.15) is 4.83 Å². The molecule has 2 heterocycles. The van der Waals surface area contributed by atoms with Gasteiger partial charge in [-0.25, -0.2) is 0 Å². The van der Waals surface area contributed by atoms with E-state index in [-0.39, 0.29) is 10.8 Å². The number of methoxy groups -OCH3 is 1. The zero-order valence-electron chi connectivity index (χ0n) is 10.4. The number of fused-ring (bicyclic) bond motifs is 1. The summed E-state index contributed by atoms with van der Waals surface area (Å²) < 4.78 is 4.75. The van der Waals surface area contributed by atoms with Crippen molar-refractivity contribution in [2.24, 2.45) is 0 Å². The van der Waals surface area contributed by atoms with Gasteiger partial charge in [-0.05, 0) is 38.9 Å². The summed E-state index contributed by atoms with van der Waals surface area (Å²) in [6.07, 6.45) is 3.84. The van der Waals surface area contributed by atoms with Gasteiger partial charge in [0.2, 0.25) is 0 Å². The molecule has 0 bridgehead atoms. The number of hydrogen-bond acceptors (Lipinski definition) is 4. The van der Waals surface area contributed by atoms with Crippen molar-refractivity contribution in [3.8, 4) is 0 Å². The van der Waals surface area contributed by atoms with Crippen molar-refractivity contribution >= 4 is 21.9 Å². The van der Waals surface area contributed by atoms with Crippen LogP contribution in [0.3, 0.4) is 0 Å². The van der Waals surface area contributed by atoms with Gasteiger partial charge in [-0.2, -0.15) is 0 Å². The summed E-state index contributed by atoms with van der Waals surface area (Å²) in [5.74, 6) is -0.169. The van der Waals surface area contributed by atoms with Crippen LogP contribution < -0.4 is 0 Å². The lowest BCUT2D eigenvalue weighted by Crippen LogP contribution is -2.40. The lowest BCUT2D eigenvalue weighted by Gasteiger charge is -2.26. The third-order valence-corrected chi connectivity index (χ3v) is 4.43. The molecule has 2 fully saturated rings. The number of carbonyl (C=O) groups is 1. The Morgan fingerprint density at radius 2 is 2.18 bits per heavy atom. The Morgan fingerprint density at radius 3 is 2.94 bits per heavy atom. The molecule has 2 aliphatic rings. The largest absolute Gasteiger partial charge is 0.468 e. The van der Waals surface area contributed by atoms with Crippen molar-refractivity contribution in [2.45, 2.75) is 30.1 Å². The van der Waals surface area contributed by atoms with Crippen LogP contribution in [0.4, 0.5) is 0 Å². The predicted octanol–water partition coefficient (Wildman–Crippen LogP) is 1.09. The Labute approximate surface area is 111 Å². The van der Waals surface area contributed by atoms with Crippen LogP contribution in [0.15, 0.2) is 0 Å². The van der Waals surface area contributed by atoms with Crippen molar-refractivity contribution in [3.05, 3.63) is 0 Å². The molecular formula is C12H21BrN2O2. The number of carbonyl (C=O) groups excluding carboxylic acids is 1. The van der Waals surface area contributed by atoms with Gasteiger partial charge in [0.05, 0.1) is 7.11 Å². The molecule has 17 heavy (non-hydrogen) atoms. The van der Waals surface area contributed by atoms with E-state index in [1.807, 2.05) is 0 Å². The third kappa shape index (κ3) is 3.42. The molecule has 0 spiro atoms. The smallest absolute Gasteiger partial charge is 0.320 e. The number of nitrogens with zero attached hydrogens (tertiary/aromatic N) is 2. The van der Waals surface area contributed by atoms with E-state index in [4.69, 9.17) is 4.74 Å². The summed E-state index contributed by atoms with van der Waals surface area (Å²) in [6, 6.07) is 0.704. The number of hydrogen-bond donors (Lipinski definition) is 0. The number of halogens is 1. The Morgan fingerprint density at radius 1 is 1.41 bits per heavy atom. The topological polar surface area (TPSA) is 32.8 Å². The van der Waals surface area contributed by atoms with E-state index < -0.39 is 0 Å². The molecule has 0 radical (unpaired) electrons. The summed E-state index contributed by atoms with van der Waals surface area (Å²) in [4.78, 5) is 16.2. The Kier molecular flexibility index (Phi) is 4.82. The summed E-state index contributed by atoms with van der Waals surface area (Å²) in [6.45, 7) is 5.42. The molecule has 2 atom stereocenters. The van der Waals surface area contributed by atoms with Gasteiger partial charge in [0.25, 0.3) is 0 Å². The molecular weight excluding hydrogens is 284 g/mol. The molecule has 2 rings (SSSR count). The van der Waals surface area contributed by atoms with E-state index in [9.17, 15) is 4.79 Å². The van der Waals surface area contributed by atoms with E-state index in [0.717, 1.165) is 19.6 Å². The minimum absolute atomic E-state index is 0.169. The normalized spacial score (nSPS) is 28.5. The van der Waals surface area contributed by atoms with E-state index in [1.54, 1.807) is 0 Å². The highest BCUT2D eigenvalue weighted by molar-refractivity contribution is 9.10. The fourth-order valence-corrected chi connectivity index (χ4v) is 3.47. The van der Waals surface area contributed by atoms with Crippen LogP contribution >= 0.6 is 15.9 Å². The number of alkyl halides is 1. The van der Waals surface area contributed by atoms with Gasteiger partial charge in [-0.3, -0.25) is 9.69 Å². The molecule has 2 unspecified atom stereocenters. The first-order chi connectivity index (χ1) is 8.20. The second-order valence-electron chi connectivity index (χ2n) is 4.94. The van der Waals surface area contributed by atoms with Gasteiger partial charge in [0.15, 0.2) is 0 Å². The molecule has 4 nitrogen and oxygen atoms in total. The van der Waals surface area contributed by atoms with Crippen LogP contribution in [0.25, 0.3) is 0 Å². The van der Waals surface area contributed by atoms with Gasteiger partial charge >= 0.3 is 5.97 Å². The molecule has 5 heteroatoms. The second-order valence-corrected chi connectivity index (χ2v) is 6.04. The van der Waals surface area contributed by atoms with E-state index in [1.165, 1.54) is 39.5 Å². The fraction of sp³-hybridized carbons (Fsp3) is 0.917. The maximum absolute atomic E-state index is 11.4. The molecule has 0 aliphatic carbocycles. The van der Waals surface area contributed by atoms with Gasteiger partial charge in [-0.15, -0.1) is 0 Å². The van der Waals surface area contributed by atoms with Crippen LogP contribution in [0.1, 0.15) is 19.3 Å². The van der Waals surface area contributed by atoms with Gasteiger partial charge in [0, 0.05) is 19.1 Å². The highest BCUT2D eigenvalue weighted by Crippen LogP contribution is 2.21. The number of esters is 1. The van der Waals surface area contributed by atoms with Gasteiger partial charge in [-0.1, -0.05) is 15.9 Å². The molecule has 0 aromatic heterocycles. The average molecular weight is 305 g/mol. The summed E-state index contributed by atoms with van der Waals surface area (Å²) in [5, 5.41) is 0. The maximum Gasteiger partial charge on any atom is 0.320 e.